The Bertz CT molecular complexity index is 595. The third-order valence-corrected chi connectivity index (χ3v) is 2.48. The van der Waals surface area contributed by atoms with Crippen LogP contribution in [0.5, 0.6) is 5.75 Å². The van der Waals surface area contributed by atoms with Crippen LogP contribution < -0.4 is 15.8 Å². The van der Waals surface area contributed by atoms with E-state index in [1.807, 2.05) is 0 Å². The molecular formula is C14H12F2N2O2. The van der Waals surface area contributed by atoms with Gasteiger partial charge in [0.25, 0.3) is 5.91 Å². The molecule has 0 aliphatic heterocycles. The molecule has 0 saturated carbocycles. The summed E-state index contributed by atoms with van der Waals surface area (Å²) in [4.78, 5) is 11.6. The van der Waals surface area contributed by atoms with Crippen molar-refractivity contribution in [2.75, 3.05) is 17.7 Å². The quantitative estimate of drug-likeness (QED) is 0.845. The molecule has 0 spiro atoms. The lowest BCUT2D eigenvalue weighted by molar-refractivity contribution is -0.118. The summed E-state index contributed by atoms with van der Waals surface area (Å²) in [6.07, 6.45) is 0. The number of ether oxygens (including phenoxy) is 1. The minimum absolute atomic E-state index is 0.363. The zero-order chi connectivity index (χ0) is 14.5. The van der Waals surface area contributed by atoms with Gasteiger partial charge in [-0.25, -0.2) is 8.78 Å². The highest BCUT2D eigenvalue weighted by Crippen LogP contribution is 2.18. The van der Waals surface area contributed by atoms with Crippen LogP contribution in [0.15, 0.2) is 42.5 Å². The number of para-hydroxylation sites is 1. The van der Waals surface area contributed by atoms with E-state index in [0.717, 1.165) is 12.1 Å². The SMILES string of the molecule is Nc1ccc(OCC(=O)Nc2c(F)cccc2F)cc1. The summed E-state index contributed by atoms with van der Waals surface area (Å²) in [7, 11) is 0. The summed E-state index contributed by atoms with van der Waals surface area (Å²) in [6.45, 7) is -0.363. The Hall–Kier alpha value is -2.63. The van der Waals surface area contributed by atoms with Crippen LogP contribution in [0, 0.1) is 11.6 Å². The lowest BCUT2D eigenvalue weighted by Gasteiger charge is -2.09. The van der Waals surface area contributed by atoms with E-state index in [1.165, 1.54) is 6.07 Å². The summed E-state index contributed by atoms with van der Waals surface area (Å²) in [5.41, 5.74) is 5.58. The molecule has 2 aromatic carbocycles. The molecule has 0 aliphatic rings. The lowest BCUT2D eigenvalue weighted by atomic mass is 10.3. The number of hydrogen-bond acceptors (Lipinski definition) is 3. The third kappa shape index (κ3) is 3.44. The molecule has 20 heavy (non-hydrogen) atoms. The molecule has 0 unspecified atom stereocenters. The van der Waals surface area contributed by atoms with E-state index < -0.39 is 23.2 Å². The zero-order valence-electron chi connectivity index (χ0n) is 10.4. The van der Waals surface area contributed by atoms with Crippen molar-refractivity contribution in [2.24, 2.45) is 0 Å². The molecule has 4 nitrogen and oxygen atoms in total. The highest BCUT2D eigenvalue weighted by Gasteiger charge is 2.12. The Morgan fingerprint density at radius 2 is 1.70 bits per heavy atom. The van der Waals surface area contributed by atoms with Crippen LogP contribution in [-0.2, 0) is 4.79 Å². The molecule has 0 atom stereocenters. The van der Waals surface area contributed by atoms with Gasteiger partial charge in [0, 0.05) is 5.69 Å². The number of carbonyl (C=O) groups excluding carboxylic acids is 1. The van der Waals surface area contributed by atoms with Crippen LogP contribution in [0.1, 0.15) is 0 Å². The fourth-order valence-corrected chi connectivity index (χ4v) is 1.51. The van der Waals surface area contributed by atoms with Gasteiger partial charge in [-0.15, -0.1) is 0 Å². The Morgan fingerprint density at radius 1 is 1.10 bits per heavy atom. The van der Waals surface area contributed by atoms with Crippen molar-refractivity contribution < 1.29 is 18.3 Å². The molecule has 6 heteroatoms. The topological polar surface area (TPSA) is 64.3 Å². The van der Waals surface area contributed by atoms with Crippen LogP contribution in [0.3, 0.4) is 0 Å². The average Bonchev–Trinajstić information content (AvgIpc) is 2.42. The van der Waals surface area contributed by atoms with Gasteiger partial charge in [0.05, 0.1) is 0 Å². The fraction of sp³-hybridized carbons (Fsp3) is 0.0714. The number of benzene rings is 2. The first-order valence-electron chi connectivity index (χ1n) is 5.78. The standard InChI is InChI=1S/C14H12F2N2O2/c15-11-2-1-3-12(16)14(11)18-13(19)8-20-10-6-4-9(17)5-7-10/h1-7H,8,17H2,(H,18,19). The van der Waals surface area contributed by atoms with E-state index in [9.17, 15) is 13.6 Å². The van der Waals surface area contributed by atoms with Gasteiger partial charge in [-0.3, -0.25) is 4.79 Å². The maximum absolute atomic E-state index is 13.3. The lowest BCUT2D eigenvalue weighted by Crippen LogP contribution is -2.21. The highest BCUT2D eigenvalue weighted by molar-refractivity contribution is 5.92. The normalized spacial score (nSPS) is 10.1. The Labute approximate surface area is 114 Å². The molecule has 0 fully saturated rings. The van der Waals surface area contributed by atoms with E-state index in [-0.39, 0.29) is 6.61 Å². The monoisotopic (exact) mass is 278 g/mol. The van der Waals surface area contributed by atoms with Crippen LogP contribution in [0.2, 0.25) is 0 Å². The van der Waals surface area contributed by atoms with Gasteiger partial charge in [0.1, 0.15) is 23.1 Å². The van der Waals surface area contributed by atoms with Crippen molar-refractivity contribution in [3.8, 4) is 5.75 Å². The average molecular weight is 278 g/mol. The van der Waals surface area contributed by atoms with E-state index >= 15 is 0 Å². The largest absolute Gasteiger partial charge is 0.484 e. The van der Waals surface area contributed by atoms with Gasteiger partial charge in [0.15, 0.2) is 6.61 Å². The molecule has 0 heterocycles. The van der Waals surface area contributed by atoms with Crippen molar-refractivity contribution in [1.29, 1.82) is 0 Å². The molecule has 0 radical (unpaired) electrons. The Morgan fingerprint density at radius 3 is 2.30 bits per heavy atom. The van der Waals surface area contributed by atoms with E-state index in [4.69, 9.17) is 10.5 Å². The van der Waals surface area contributed by atoms with Gasteiger partial charge >= 0.3 is 0 Å². The number of nitrogens with one attached hydrogen (secondary N) is 1. The summed E-state index contributed by atoms with van der Waals surface area (Å²) in [6, 6.07) is 9.73. The zero-order valence-corrected chi connectivity index (χ0v) is 10.4. The van der Waals surface area contributed by atoms with Crippen molar-refractivity contribution in [3.05, 3.63) is 54.1 Å². The molecule has 0 bridgehead atoms. The number of rotatable bonds is 4. The number of hydrogen-bond donors (Lipinski definition) is 2. The Balaban J connectivity index is 1.94. The van der Waals surface area contributed by atoms with Crippen LogP contribution in [-0.4, -0.2) is 12.5 Å². The molecule has 0 aromatic heterocycles. The number of carbonyl (C=O) groups is 1. The molecule has 1 amide bonds. The molecule has 0 saturated heterocycles. The van der Waals surface area contributed by atoms with Crippen LogP contribution >= 0.6 is 0 Å². The molecule has 3 N–H and O–H groups in total. The predicted octanol–water partition coefficient (Wildman–Crippen LogP) is 2.56. The third-order valence-electron chi connectivity index (χ3n) is 2.48. The maximum Gasteiger partial charge on any atom is 0.262 e. The summed E-state index contributed by atoms with van der Waals surface area (Å²) >= 11 is 0. The van der Waals surface area contributed by atoms with Crippen molar-refractivity contribution in [2.45, 2.75) is 0 Å². The predicted molar refractivity (Wildman–Crippen MR) is 71.3 cm³/mol. The second kappa shape index (κ2) is 6.01. The van der Waals surface area contributed by atoms with E-state index in [1.54, 1.807) is 24.3 Å². The molecular weight excluding hydrogens is 266 g/mol. The second-order valence-electron chi connectivity index (χ2n) is 4.00. The molecule has 0 aliphatic carbocycles. The minimum atomic E-state index is -0.842. The molecule has 2 rings (SSSR count). The maximum atomic E-state index is 13.3. The van der Waals surface area contributed by atoms with Gasteiger partial charge in [-0.2, -0.15) is 0 Å². The first-order chi connectivity index (χ1) is 9.56. The summed E-state index contributed by atoms with van der Waals surface area (Å²) in [5, 5.41) is 2.12. The second-order valence-corrected chi connectivity index (χ2v) is 4.00. The van der Waals surface area contributed by atoms with Crippen molar-refractivity contribution in [3.63, 3.8) is 0 Å². The van der Waals surface area contributed by atoms with Gasteiger partial charge in [-0.1, -0.05) is 6.07 Å². The van der Waals surface area contributed by atoms with E-state index in [2.05, 4.69) is 5.32 Å². The number of anilines is 2. The number of amides is 1. The first kappa shape index (κ1) is 13.8. The van der Waals surface area contributed by atoms with Crippen LogP contribution in [0.4, 0.5) is 20.2 Å². The fourth-order valence-electron chi connectivity index (χ4n) is 1.51. The number of nitrogen functional groups attached to an aromatic ring is 1. The number of halogens is 2. The first-order valence-corrected chi connectivity index (χ1v) is 5.78. The van der Waals surface area contributed by atoms with Gasteiger partial charge in [0.2, 0.25) is 0 Å². The van der Waals surface area contributed by atoms with Crippen LogP contribution in [0.25, 0.3) is 0 Å². The van der Waals surface area contributed by atoms with E-state index in [0.29, 0.717) is 11.4 Å². The summed E-state index contributed by atoms with van der Waals surface area (Å²) < 4.78 is 31.8. The highest BCUT2D eigenvalue weighted by atomic mass is 19.1. The number of nitrogens with two attached hydrogens (primary N) is 1. The van der Waals surface area contributed by atoms with Crippen molar-refractivity contribution in [1.82, 2.24) is 0 Å². The van der Waals surface area contributed by atoms with Gasteiger partial charge < -0.3 is 15.8 Å². The minimum Gasteiger partial charge on any atom is -0.484 e. The smallest absolute Gasteiger partial charge is 0.262 e. The van der Waals surface area contributed by atoms with Crippen molar-refractivity contribution >= 4 is 17.3 Å². The molecule has 2 aromatic rings. The Kier molecular flexibility index (Phi) is 4.14. The van der Waals surface area contributed by atoms with Gasteiger partial charge in [-0.05, 0) is 36.4 Å². The molecule has 104 valence electrons. The summed E-state index contributed by atoms with van der Waals surface area (Å²) in [5.74, 6) is -1.91.